The van der Waals surface area contributed by atoms with E-state index in [0.29, 0.717) is 24.0 Å². The van der Waals surface area contributed by atoms with Crippen molar-refractivity contribution in [3.05, 3.63) is 35.4 Å². The zero-order chi connectivity index (χ0) is 13.5. The largest absolute Gasteiger partial charge is 0.481 e. The molecule has 1 unspecified atom stereocenters. The maximum absolute atomic E-state index is 12.1. The van der Waals surface area contributed by atoms with Gasteiger partial charge < -0.3 is 9.84 Å². The highest BCUT2D eigenvalue weighted by Crippen LogP contribution is 2.46. The Balaban J connectivity index is 2.13. The Morgan fingerprint density at radius 1 is 1.32 bits per heavy atom. The van der Waals surface area contributed by atoms with Gasteiger partial charge in [-0.05, 0) is 36.0 Å². The third kappa shape index (κ3) is 1.92. The highest BCUT2D eigenvalue weighted by molar-refractivity contribution is 7.99. The summed E-state index contributed by atoms with van der Waals surface area (Å²) < 4.78 is 5.58. The van der Waals surface area contributed by atoms with E-state index >= 15 is 0 Å². The van der Waals surface area contributed by atoms with Crippen LogP contribution in [-0.4, -0.2) is 34.2 Å². The molecule has 2 aliphatic rings. The van der Waals surface area contributed by atoms with Crippen LogP contribution in [0.4, 0.5) is 0 Å². The summed E-state index contributed by atoms with van der Waals surface area (Å²) in [5, 5.41) is 9.59. The molecule has 1 aromatic rings. The lowest BCUT2D eigenvalue weighted by atomic mass is 9.74. The molecule has 3 rings (SSSR count). The molecule has 100 valence electrons. The first-order valence-corrected chi connectivity index (χ1v) is 7.42. The highest BCUT2D eigenvalue weighted by atomic mass is 32.2. The van der Waals surface area contributed by atoms with Crippen LogP contribution in [0.1, 0.15) is 34.7 Å². The van der Waals surface area contributed by atoms with E-state index in [2.05, 4.69) is 0 Å². The number of hydrogen-bond acceptors (Lipinski definition) is 4. The van der Waals surface area contributed by atoms with Gasteiger partial charge in [-0.25, -0.2) is 4.79 Å². The number of ether oxygens (including phenoxy) is 1. The molecule has 1 atom stereocenters. The van der Waals surface area contributed by atoms with Crippen molar-refractivity contribution in [2.45, 2.75) is 24.4 Å². The maximum Gasteiger partial charge on any atom is 0.339 e. The lowest BCUT2D eigenvalue weighted by molar-refractivity contribution is -0.147. The molecule has 0 aromatic heterocycles. The van der Waals surface area contributed by atoms with Crippen molar-refractivity contribution in [1.82, 2.24) is 0 Å². The fraction of sp³-hybridized carbons (Fsp3) is 0.429. The molecular formula is C14H14O4S. The highest BCUT2D eigenvalue weighted by Gasteiger charge is 2.52. The molecule has 1 aromatic carbocycles. The van der Waals surface area contributed by atoms with E-state index in [-0.39, 0.29) is 5.97 Å². The predicted octanol–water partition coefficient (Wildman–Crippen LogP) is 2.29. The molecule has 1 fully saturated rings. The van der Waals surface area contributed by atoms with Crippen LogP contribution in [0, 0.1) is 0 Å². The minimum Gasteiger partial charge on any atom is -0.481 e. The molecule has 0 saturated carbocycles. The van der Waals surface area contributed by atoms with Crippen molar-refractivity contribution in [3.63, 3.8) is 0 Å². The van der Waals surface area contributed by atoms with Crippen LogP contribution in [0.2, 0.25) is 0 Å². The number of benzene rings is 1. The van der Waals surface area contributed by atoms with E-state index in [9.17, 15) is 14.7 Å². The Labute approximate surface area is 115 Å². The first kappa shape index (κ1) is 12.5. The second kappa shape index (κ2) is 4.56. The number of carboxylic acid groups (broad SMARTS) is 1. The Morgan fingerprint density at radius 2 is 2.00 bits per heavy atom. The Kier molecular flexibility index (Phi) is 3.01. The molecule has 2 heterocycles. The standard InChI is InChI=1S/C14H14O4S/c15-12(16)11-9-3-1-2-4-10(9)13(17)18-14(11)5-7-19-8-6-14/h1-4,11H,5-8H2,(H,15,16). The summed E-state index contributed by atoms with van der Waals surface area (Å²) in [6.07, 6.45) is 1.21. The van der Waals surface area contributed by atoms with E-state index in [1.54, 1.807) is 36.0 Å². The number of carbonyl (C=O) groups is 2. The van der Waals surface area contributed by atoms with Crippen LogP contribution < -0.4 is 0 Å². The average Bonchev–Trinajstić information content (AvgIpc) is 2.39. The van der Waals surface area contributed by atoms with Crippen LogP contribution in [0.25, 0.3) is 0 Å². The molecule has 5 heteroatoms. The Bertz CT molecular complexity index is 534. The third-order valence-corrected chi connectivity index (χ3v) is 4.89. The van der Waals surface area contributed by atoms with E-state index in [4.69, 9.17) is 4.74 Å². The third-order valence-electron chi connectivity index (χ3n) is 3.90. The van der Waals surface area contributed by atoms with Gasteiger partial charge in [-0.15, -0.1) is 0 Å². The normalized spacial score (nSPS) is 24.6. The van der Waals surface area contributed by atoms with Gasteiger partial charge in [-0.3, -0.25) is 4.79 Å². The SMILES string of the molecule is O=C1OC2(CCSCC2)C(C(=O)O)c2ccccc21. The lowest BCUT2D eigenvalue weighted by Crippen LogP contribution is -2.50. The summed E-state index contributed by atoms with van der Waals surface area (Å²) in [5.74, 6) is -0.382. The average molecular weight is 278 g/mol. The molecule has 4 nitrogen and oxygen atoms in total. The number of rotatable bonds is 1. The van der Waals surface area contributed by atoms with E-state index in [0.717, 1.165) is 11.5 Å². The second-order valence-electron chi connectivity index (χ2n) is 4.93. The molecule has 0 bridgehead atoms. The monoisotopic (exact) mass is 278 g/mol. The van der Waals surface area contributed by atoms with Crippen molar-refractivity contribution in [1.29, 1.82) is 0 Å². The van der Waals surface area contributed by atoms with Crippen molar-refractivity contribution >= 4 is 23.7 Å². The molecule has 0 radical (unpaired) electrons. The second-order valence-corrected chi connectivity index (χ2v) is 6.15. The molecule has 1 N–H and O–H groups in total. The Hall–Kier alpha value is -1.49. The van der Waals surface area contributed by atoms with Gasteiger partial charge in [-0.2, -0.15) is 11.8 Å². The molecule has 2 aliphatic heterocycles. The van der Waals surface area contributed by atoms with E-state index in [1.807, 2.05) is 0 Å². The fourth-order valence-electron chi connectivity index (χ4n) is 2.98. The summed E-state index contributed by atoms with van der Waals surface area (Å²) in [6.45, 7) is 0. The summed E-state index contributed by atoms with van der Waals surface area (Å²) in [7, 11) is 0. The first-order chi connectivity index (χ1) is 9.14. The van der Waals surface area contributed by atoms with E-state index < -0.39 is 17.5 Å². The fourth-order valence-corrected chi connectivity index (χ4v) is 4.17. The molecule has 0 amide bonds. The predicted molar refractivity (Wildman–Crippen MR) is 71.5 cm³/mol. The number of fused-ring (bicyclic) bond motifs is 1. The Morgan fingerprint density at radius 3 is 2.68 bits per heavy atom. The van der Waals surface area contributed by atoms with Gasteiger partial charge in [0, 0.05) is 0 Å². The number of carbonyl (C=O) groups excluding carboxylic acids is 1. The molecule has 1 saturated heterocycles. The minimum atomic E-state index is -0.910. The van der Waals surface area contributed by atoms with Crippen LogP contribution in [0.15, 0.2) is 24.3 Å². The number of esters is 1. The number of aliphatic carboxylic acids is 1. The van der Waals surface area contributed by atoms with Gasteiger partial charge in [0.15, 0.2) is 0 Å². The van der Waals surface area contributed by atoms with Crippen LogP contribution in [0.5, 0.6) is 0 Å². The molecule has 1 spiro atoms. The van der Waals surface area contributed by atoms with E-state index in [1.165, 1.54) is 0 Å². The van der Waals surface area contributed by atoms with Crippen molar-refractivity contribution in [2.24, 2.45) is 0 Å². The topological polar surface area (TPSA) is 63.6 Å². The molecule has 0 aliphatic carbocycles. The van der Waals surface area contributed by atoms with Crippen LogP contribution in [0.3, 0.4) is 0 Å². The van der Waals surface area contributed by atoms with Gasteiger partial charge in [0.1, 0.15) is 11.5 Å². The van der Waals surface area contributed by atoms with Crippen LogP contribution >= 0.6 is 11.8 Å². The molecule has 19 heavy (non-hydrogen) atoms. The van der Waals surface area contributed by atoms with Crippen molar-refractivity contribution < 1.29 is 19.4 Å². The zero-order valence-electron chi connectivity index (χ0n) is 10.3. The maximum atomic E-state index is 12.1. The van der Waals surface area contributed by atoms with Gasteiger partial charge in [-0.1, -0.05) is 18.2 Å². The van der Waals surface area contributed by atoms with Gasteiger partial charge in [0.2, 0.25) is 0 Å². The van der Waals surface area contributed by atoms with Gasteiger partial charge in [0.25, 0.3) is 0 Å². The summed E-state index contributed by atoms with van der Waals surface area (Å²) in [5.41, 5.74) is 0.125. The van der Waals surface area contributed by atoms with Crippen LogP contribution in [-0.2, 0) is 9.53 Å². The number of thioether (sulfide) groups is 1. The quantitative estimate of drug-likeness (QED) is 0.798. The number of hydrogen-bond donors (Lipinski definition) is 1. The lowest BCUT2D eigenvalue weighted by Gasteiger charge is -2.44. The van der Waals surface area contributed by atoms with Gasteiger partial charge in [0.05, 0.1) is 5.56 Å². The summed E-state index contributed by atoms with van der Waals surface area (Å²) >= 11 is 1.77. The van der Waals surface area contributed by atoms with Crippen molar-refractivity contribution in [2.75, 3.05) is 11.5 Å². The first-order valence-electron chi connectivity index (χ1n) is 6.27. The summed E-state index contributed by atoms with van der Waals surface area (Å²) in [6, 6.07) is 6.88. The zero-order valence-corrected chi connectivity index (χ0v) is 11.1. The minimum absolute atomic E-state index is 0.388. The number of carboxylic acids is 1. The van der Waals surface area contributed by atoms with Gasteiger partial charge >= 0.3 is 11.9 Å². The smallest absolute Gasteiger partial charge is 0.339 e. The van der Waals surface area contributed by atoms with Crippen molar-refractivity contribution in [3.8, 4) is 0 Å². The summed E-state index contributed by atoms with van der Waals surface area (Å²) in [4.78, 5) is 23.8. The molecular weight excluding hydrogens is 264 g/mol.